The lowest BCUT2D eigenvalue weighted by Crippen LogP contribution is -2.16. The van der Waals surface area contributed by atoms with E-state index in [0.717, 1.165) is 22.7 Å². The number of benzene rings is 1. The maximum atomic E-state index is 13.5. The first kappa shape index (κ1) is 15.3. The van der Waals surface area contributed by atoms with Crippen LogP contribution in [0.5, 0.6) is 0 Å². The van der Waals surface area contributed by atoms with Gasteiger partial charge in [0.15, 0.2) is 5.13 Å². The van der Waals surface area contributed by atoms with Crippen LogP contribution in [-0.4, -0.2) is 20.0 Å². The van der Waals surface area contributed by atoms with Crippen molar-refractivity contribution in [1.82, 2.24) is 4.98 Å². The first-order valence-electron chi connectivity index (χ1n) is 6.44. The van der Waals surface area contributed by atoms with Crippen molar-refractivity contribution in [2.75, 3.05) is 11.3 Å². The minimum atomic E-state index is -3.96. The Labute approximate surface area is 130 Å². The molecule has 1 N–H and O–H groups in total. The molecule has 0 spiro atoms. The van der Waals surface area contributed by atoms with Gasteiger partial charge in [-0.3, -0.25) is 4.72 Å². The van der Waals surface area contributed by atoms with Crippen molar-refractivity contribution in [3.63, 3.8) is 0 Å². The maximum absolute atomic E-state index is 13.5. The molecule has 5 nitrogen and oxygen atoms in total. The molecule has 1 aromatic carbocycles. The van der Waals surface area contributed by atoms with Crippen LogP contribution >= 0.6 is 11.3 Å². The fraction of sp³-hybridized carbons (Fsp3) is 0.308. The van der Waals surface area contributed by atoms with Gasteiger partial charge in [0.1, 0.15) is 17.4 Å². The molecule has 2 aromatic rings. The first-order valence-corrected chi connectivity index (χ1v) is 8.91. The summed E-state index contributed by atoms with van der Waals surface area (Å²) in [6, 6.07) is 3.23. The molecule has 0 atom stereocenters. The number of hydrogen-bond acceptors (Lipinski definition) is 5. The van der Waals surface area contributed by atoms with Gasteiger partial charge in [0.05, 0.1) is 23.8 Å². The number of sulfonamides is 1. The number of rotatable bonds is 4. The Kier molecular flexibility index (Phi) is 4.11. The number of nitrogens with zero attached hydrogens (tertiary/aromatic N) is 1. The molecule has 0 amide bonds. The molecule has 1 aliphatic rings. The summed E-state index contributed by atoms with van der Waals surface area (Å²) in [6.45, 7) is 0.944. The summed E-state index contributed by atoms with van der Waals surface area (Å²) in [4.78, 5) is 5.05. The smallest absolute Gasteiger partial charge is 0.238 e. The number of anilines is 1. The second kappa shape index (κ2) is 5.90. The number of thiazole rings is 1. The predicted octanol–water partition coefficient (Wildman–Crippen LogP) is 2.44. The van der Waals surface area contributed by atoms with Crippen molar-refractivity contribution < 1.29 is 21.9 Å². The van der Waals surface area contributed by atoms with Crippen molar-refractivity contribution >= 4 is 26.5 Å². The van der Waals surface area contributed by atoms with Crippen molar-refractivity contribution in [3.05, 3.63) is 46.0 Å². The molecule has 0 unspecified atom stereocenters. The number of fused-ring (bicyclic) bond motifs is 1. The molecule has 2 heterocycles. The highest BCUT2D eigenvalue weighted by Gasteiger charge is 2.22. The lowest BCUT2D eigenvalue weighted by atomic mass is 10.2. The van der Waals surface area contributed by atoms with Crippen LogP contribution in [-0.2, 0) is 33.5 Å². The van der Waals surface area contributed by atoms with E-state index in [1.807, 2.05) is 0 Å². The molecule has 0 saturated heterocycles. The van der Waals surface area contributed by atoms with Crippen LogP contribution in [0, 0.1) is 11.6 Å². The molecule has 118 valence electrons. The molecule has 22 heavy (non-hydrogen) atoms. The van der Waals surface area contributed by atoms with Gasteiger partial charge in [-0.25, -0.2) is 22.2 Å². The summed E-state index contributed by atoms with van der Waals surface area (Å²) in [5.74, 6) is -2.57. The van der Waals surface area contributed by atoms with Gasteiger partial charge in [0, 0.05) is 12.0 Å². The number of hydrogen-bond donors (Lipinski definition) is 1. The number of aromatic nitrogens is 1. The van der Waals surface area contributed by atoms with Gasteiger partial charge in [0.25, 0.3) is 0 Å². The molecule has 0 saturated carbocycles. The van der Waals surface area contributed by atoms with E-state index in [1.165, 1.54) is 17.4 Å². The summed E-state index contributed by atoms with van der Waals surface area (Å²) >= 11 is 1.17. The summed E-state index contributed by atoms with van der Waals surface area (Å²) < 4.78 is 58.8. The van der Waals surface area contributed by atoms with Crippen LogP contribution in [0.1, 0.15) is 16.1 Å². The van der Waals surface area contributed by atoms with Gasteiger partial charge in [-0.15, -0.1) is 0 Å². The highest BCUT2D eigenvalue weighted by Crippen LogP contribution is 2.28. The summed E-state index contributed by atoms with van der Waals surface area (Å²) in [7, 11) is -3.96. The fourth-order valence-electron chi connectivity index (χ4n) is 2.10. The van der Waals surface area contributed by atoms with Crippen molar-refractivity contribution in [2.45, 2.75) is 18.8 Å². The second-order valence-corrected chi connectivity index (χ2v) is 7.56. The van der Waals surface area contributed by atoms with Crippen LogP contribution in [0.25, 0.3) is 0 Å². The average molecular weight is 346 g/mol. The van der Waals surface area contributed by atoms with Crippen LogP contribution < -0.4 is 4.72 Å². The van der Waals surface area contributed by atoms with Crippen molar-refractivity contribution in [3.8, 4) is 0 Å². The van der Waals surface area contributed by atoms with E-state index in [4.69, 9.17) is 4.74 Å². The highest BCUT2D eigenvalue weighted by molar-refractivity contribution is 7.92. The standard InChI is InChI=1S/C13H12F2N2O3S2/c14-9-2-1-3-10(15)8(9)7-22(18,19)17-13-16-11-4-5-20-6-12(11)21-13/h1-3H,4-7H2,(H,16,17). The first-order chi connectivity index (χ1) is 10.4. The zero-order valence-electron chi connectivity index (χ0n) is 11.3. The van der Waals surface area contributed by atoms with Crippen LogP contribution in [0.4, 0.5) is 13.9 Å². The third kappa shape index (κ3) is 3.26. The van der Waals surface area contributed by atoms with E-state index in [2.05, 4.69) is 9.71 Å². The van der Waals surface area contributed by atoms with Crippen LogP contribution in [0.15, 0.2) is 18.2 Å². The number of halogens is 2. The SMILES string of the molecule is O=S(=O)(Cc1c(F)cccc1F)Nc1nc2c(s1)COCC2. The van der Waals surface area contributed by atoms with E-state index in [1.54, 1.807) is 0 Å². The van der Waals surface area contributed by atoms with Crippen LogP contribution in [0.3, 0.4) is 0 Å². The third-order valence-corrected chi connectivity index (χ3v) is 5.42. The Balaban J connectivity index is 1.80. The van der Waals surface area contributed by atoms with E-state index >= 15 is 0 Å². The van der Waals surface area contributed by atoms with Gasteiger partial charge < -0.3 is 4.74 Å². The van der Waals surface area contributed by atoms with Gasteiger partial charge in [0.2, 0.25) is 10.0 Å². The topological polar surface area (TPSA) is 68.3 Å². The van der Waals surface area contributed by atoms with E-state index in [0.29, 0.717) is 19.6 Å². The molecular weight excluding hydrogens is 334 g/mol. The summed E-state index contributed by atoms with van der Waals surface area (Å²) in [6.07, 6.45) is 0.621. The zero-order valence-corrected chi connectivity index (χ0v) is 12.9. The zero-order chi connectivity index (χ0) is 15.7. The lowest BCUT2D eigenvalue weighted by Gasteiger charge is -2.08. The Morgan fingerprint density at radius 3 is 2.73 bits per heavy atom. The number of nitrogens with one attached hydrogen (secondary N) is 1. The molecule has 9 heteroatoms. The van der Waals surface area contributed by atoms with E-state index in [9.17, 15) is 17.2 Å². The molecule has 0 bridgehead atoms. The molecule has 1 aromatic heterocycles. The Morgan fingerprint density at radius 1 is 1.32 bits per heavy atom. The Hall–Kier alpha value is -1.58. The van der Waals surface area contributed by atoms with E-state index < -0.39 is 33.0 Å². The van der Waals surface area contributed by atoms with Gasteiger partial charge in [-0.05, 0) is 12.1 Å². The van der Waals surface area contributed by atoms with Gasteiger partial charge >= 0.3 is 0 Å². The van der Waals surface area contributed by atoms with Gasteiger partial charge in [-0.2, -0.15) is 0 Å². The molecular formula is C13H12F2N2O3S2. The second-order valence-electron chi connectivity index (χ2n) is 4.75. The lowest BCUT2D eigenvalue weighted by molar-refractivity contribution is 0.112. The van der Waals surface area contributed by atoms with Crippen molar-refractivity contribution in [2.24, 2.45) is 0 Å². The largest absolute Gasteiger partial charge is 0.375 e. The molecule has 0 radical (unpaired) electrons. The normalized spacial score (nSPS) is 14.6. The van der Waals surface area contributed by atoms with E-state index in [-0.39, 0.29) is 5.13 Å². The van der Waals surface area contributed by atoms with Crippen LogP contribution in [0.2, 0.25) is 0 Å². The number of ether oxygens (including phenoxy) is 1. The molecule has 1 aliphatic heterocycles. The van der Waals surface area contributed by atoms with Gasteiger partial charge in [-0.1, -0.05) is 17.4 Å². The third-order valence-electron chi connectivity index (χ3n) is 3.13. The summed E-state index contributed by atoms with van der Waals surface area (Å²) in [5, 5.41) is 0.187. The Bertz CT molecular complexity index is 762. The average Bonchev–Trinajstić information content (AvgIpc) is 2.84. The minimum absolute atomic E-state index is 0.187. The quantitative estimate of drug-likeness (QED) is 0.923. The maximum Gasteiger partial charge on any atom is 0.238 e. The molecule has 0 fully saturated rings. The van der Waals surface area contributed by atoms with Crippen molar-refractivity contribution in [1.29, 1.82) is 0 Å². The molecule has 3 rings (SSSR count). The fourth-order valence-corrected chi connectivity index (χ4v) is 4.48. The minimum Gasteiger partial charge on any atom is -0.375 e. The molecule has 0 aliphatic carbocycles. The summed E-state index contributed by atoms with van der Waals surface area (Å²) in [5.41, 5.74) is 0.311. The highest BCUT2D eigenvalue weighted by atomic mass is 32.2. The Morgan fingerprint density at radius 2 is 2.05 bits per heavy atom. The monoisotopic (exact) mass is 346 g/mol. The predicted molar refractivity (Wildman–Crippen MR) is 78.1 cm³/mol.